The molecule has 1 rings (SSSR count). The first-order chi connectivity index (χ1) is 6.43. The van der Waals surface area contributed by atoms with Crippen molar-refractivity contribution < 1.29 is 19.8 Å². The molecule has 0 unspecified atom stereocenters. The van der Waals surface area contributed by atoms with E-state index in [1.807, 2.05) is 13.8 Å². The van der Waals surface area contributed by atoms with Crippen molar-refractivity contribution in [2.45, 2.75) is 26.7 Å². The molecule has 0 heterocycles. The molecule has 2 N–H and O–H groups in total. The van der Waals surface area contributed by atoms with Gasteiger partial charge in [-0.25, -0.2) is 0 Å². The smallest absolute Gasteiger partial charge is 0.307 e. The highest BCUT2D eigenvalue weighted by Gasteiger charge is 2.40. The summed E-state index contributed by atoms with van der Waals surface area (Å²) in [5.41, 5.74) is 0. The summed E-state index contributed by atoms with van der Waals surface area (Å²) in [6, 6.07) is 0. The Morgan fingerprint density at radius 3 is 1.43 bits per heavy atom. The summed E-state index contributed by atoms with van der Waals surface area (Å²) in [5.74, 6) is -2.77. The Balaban J connectivity index is 2.80. The Hall–Kier alpha value is -1.06. The number of aliphatic carboxylic acids is 2. The van der Waals surface area contributed by atoms with Crippen LogP contribution in [0.15, 0.2) is 0 Å². The predicted octanol–water partition coefficient (Wildman–Crippen LogP) is 1.45. The van der Waals surface area contributed by atoms with E-state index in [1.165, 1.54) is 0 Å². The van der Waals surface area contributed by atoms with Gasteiger partial charge in [0.25, 0.3) is 0 Å². The predicted molar refractivity (Wildman–Crippen MR) is 49.8 cm³/mol. The van der Waals surface area contributed by atoms with Gasteiger partial charge in [-0.2, -0.15) is 0 Å². The normalized spacial score (nSPS) is 37.9. The molecular weight excluding hydrogens is 184 g/mol. The summed E-state index contributed by atoms with van der Waals surface area (Å²) in [4.78, 5) is 21.7. The molecule has 1 saturated carbocycles. The Labute approximate surface area is 82.9 Å². The first-order valence-electron chi connectivity index (χ1n) is 4.89. The highest BCUT2D eigenvalue weighted by atomic mass is 16.4. The molecule has 14 heavy (non-hydrogen) atoms. The van der Waals surface area contributed by atoms with Gasteiger partial charge in [-0.1, -0.05) is 13.8 Å². The molecular formula is C10H16O4. The maximum atomic E-state index is 10.9. The molecule has 0 spiro atoms. The van der Waals surface area contributed by atoms with E-state index in [9.17, 15) is 9.59 Å². The monoisotopic (exact) mass is 200 g/mol. The number of rotatable bonds is 2. The number of hydrogen-bond acceptors (Lipinski definition) is 2. The third-order valence-electron chi connectivity index (χ3n) is 3.34. The minimum absolute atomic E-state index is 0.298. The van der Waals surface area contributed by atoms with Crippen LogP contribution in [0.5, 0.6) is 0 Å². The van der Waals surface area contributed by atoms with Crippen molar-refractivity contribution in [2.75, 3.05) is 0 Å². The van der Waals surface area contributed by atoms with Gasteiger partial charge in [-0.3, -0.25) is 9.59 Å². The van der Waals surface area contributed by atoms with Gasteiger partial charge >= 0.3 is 11.9 Å². The zero-order chi connectivity index (χ0) is 10.9. The molecule has 1 aliphatic carbocycles. The van der Waals surface area contributed by atoms with Crippen LogP contribution < -0.4 is 0 Å². The van der Waals surface area contributed by atoms with E-state index in [4.69, 9.17) is 10.2 Å². The number of carboxylic acids is 2. The van der Waals surface area contributed by atoms with Crippen molar-refractivity contribution >= 4 is 11.9 Å². The summed E-state index contributed by atoms with van der Waals surface area (Å²) >= 11 is 0. The summed E-state index contributed by atoms with van der Waals surface area (Å²) in [6.45, 7) is 3.97. The van der Waals surface area contributed by atoms with Gasteiger partial charge in [-0.05, 0) is 24.7 Å². The molecule has 4 heteroatoms. The molecule has 80 valence electrons. The van der Waals surface area contributed by atoms with E-state index in [-0.39, 0.29) is 0 Å². The fraction of sp³-hybridized carbons (Fsp3) is 0.800. The quantitative estimate of drug-likeness (QED) is 0.707. The van der Waals surface area contributed by atoms with Crippen LogP contribution in [0.25, 0.3) is 0 Å². The molecule has 0 aromatic heterocycles. The molecule has 0 aromatic carbocycles. The molecule has 4 nitrogen and oxygen atoms in total. The lowest BCUT2D eigenvalue weighted by Gasteiger charge is -2.34. The standard InChI is InChI=1S/C10H16O4/c1-5-3-7(9(11)12)8(10(13)14)4-6(5)2/h5-8H,3-4H2,1-2H3,(H,11,12)(H,13,14)/t5-,6+,7-,8-/m0/s1. The third-order valence-corrected chi connectivity index (χ3v) is 3.34. The van der Waals surface area contributed by atoms with Crippen LogP contribution in [0.1, 0.15) is 26.7 Å². The second-order valence-electron chi connectivity index (χ2n) is 4.32. The average Bonchev–Trinajstić information content (AvgIpc) is 2.08. The lowest BCUT2D eigenvalue weighted by Crippen LogP contribution is -2.38. The van der Waals surface area contributed by atoms with Crippen molar-refractivity contribution in [1.82, 2.24) is 0 Å². The molecule has 0 amide bonds. The van der Waals surface area contributed by atoms with Crippen molar-refractivity contribution in [1.29, 1.82) is 0 Å². The van der Waals surface area contributed by atoms with Crippen LogP contribution in [-0.4, -0.2) is 22.2 Å². The first-order valence-corrected chi connectivity index (χ1v) is 4.89. The van der Waals surface area contributed by atoms with Crippen molar-refractivity contribution in [3.63, 3.8) is 0 Å². The zero-order valence-corrected chi connectivity index (χ0v) is 8.43. The fourth-order valence-electron chi connectivity index (χ4n) is 2.14. The van der Waals surface area contributed by atoms with Gasteiger partial charge in [0.1, 0.15) is 0 Å². The van der Waals surface area contributed by atoms with Gasteiger partial charge in [0.15, 0.2) is 0 Å². The van der Waals surface area contributed by atoms with Crippen molar-refractivity contribution in [2.24, 2.45) is 23.7 Å². The zero-order valence-electron chi connectivity index (χ0n) is 8.43. The minimum atomic E-state index is -0.976. The van der Waals surface area contributed by atoms with Crippen LogP contribution in [-0.2, 0) is 9.59 Å². The van der Waals surface area contributed by atoms with Gasteiger partial charge in [0.2, 0.25) is 0 Å². The highest BCUT2D eigenvalue weighted by Crippen LogP contribution is 2.37. The number of carbonyl (C=O) groups is 2. The van der Waals surface area contributed by atoms with E-state index in [0.29, 0.717) is 24.7 Å². The number of hydrogen-bond donors (Lipinski definition) is 2. The molecule has 0 aromatic rings. The minimum Gasteiger partial charge on any atom is -0.481 e. The molecule has 0 saturated heterocycles. The molecule has 0 bridgehead atoms. The summed E-state index contributed by atoms with van der Waals surface area (Å²) in [5, 5.41) is 17.8. The van der Waals surface area contributed by atoms with Crippen LogP contribution in [0.4, 0.5) is 0 Å². The van der Waals surface area contributed by atoms with Crippen LogP contribution in [0, 0.1) is 23.7 Å². The molecule has 0 radical (unpaired) electrons. The van der Waals surface area contributed by atoms with E-state index in [1.54, 1.807) is 0 Å². The second kappa shape index (κ2) is 3.98. The second-order valence-corrected chi connectivity index (χ2v) is 4.32. The van der Waals surface area contributed by atoms with Gasteiger partial charge in [0, 0.05) is 0 Å². The van der Waals surface area contributed by atoms with Crippen LogP contribution in [0.3, 0.4) is 0 Å². The number of carboxylic acid groups (broad SMARTS) is 2. The Morgan fingerprint density at radius 1 is 0.929 bits per heavy atom. The lowest BCUT2D eigenvalue weighted by molar-refractivity contribution is -0.157. The largest absolute Gasteiger partial charge is 0.481 e. The Kier molecular flexibility index (Phi) is 3.13. The molecule has 4 atom stereocenters. The van der Waals surface area contributed by atoms with E-state index in [2.05, 4.69) is 0 Å². The average molecular weight is 200 g/mol. The molecule has 1 aliphatic rings. The first kappa shape index (κ1) is 11.0. The summed E-state index contributed by atoms with van der Waals surface area (Å²) in [7, 11) is 0. The summed E-state index contributed by atoms with van der Waals surface area (Å²) in [6.07, 6.45) is 0.959. The topological polar surface area (TPSA) is 74.6 Å². The Bertz CT molecular complexity index is 223. The molecule has 1 fully saturated rings. The van der Waals surface area contributed by atoms with E-state index in [0.717, 1.165) is 0 Å². The van der Waals surface area contributed by atoms with E-state index < -0.39 is 23.8 Å². The molecule has 0 aliphatic heterocycles. The van der Waals surface area contributed by atoms with E-state index >= 15 is 0 Å². The maximum absolute atomic E-state index is 10.9. The van der Waals surface area contributed by atoms with Crippen LogP contribution >= 0.6 is 0 Å². The van der Waals surface area contributed by atoms with Gasteiger partial charge < -0.3 is 10.2 Å². The van der Waals surface area contributed by atoms with Crippen molar-refractivity contribution in [3.8, 4) is 0 Å². The third kappa shape index (κ3) is 2.05. The van der Waals surface area contributed by atoms with Crippen LogP contribution in [0.2, 0.25) is 0 Å². The Morgan fingerprint density at radius 2 is 1.21 bits per heavy atom. The maximum Gasteiger partial charge on any atom is 0.307 e. The SMILES string of the molecule is C[C@@H]1C[C@H](C(=O)O)[C@@H](C(=O)O)C[C@@H]1C. The fourth-order valence-corrected chi connectivity index (χ4v) is 2.14. The highest BCUT2D eigenvalue weighted by molar-refractivity contribution is 5.80. The summed E-state index contributed by atoms with van der Waals surface area (Å²) < 4.78 is 0. The van der Waals surface area contributed by atoms with Crippen molar-refractivity contribution in [3.05, 3.63) is 0 Å². The lowest BCUT2D eigenvalue weighted by atomic mass is 9.69. The van der Waals surface area contributed by atoms with Gasteiger partial charge in [0.05, 0.1) is 11.8 Å². The van der Waals surface area contributed by atoms with Gasteiger partial charge in [-0.15, -0.1) is 0 Å².